The summed E-state index contributed by atoms with van der Waals surface area (Å²) in [6.45, 7) is 2.16. The molecule has 234 valence electrons. The minimum Gasteiger partial charge on any atom is -0.454 e. The Morgan fingerprint density at radius 2 is 1.24 bits per heavy atom. The van der Waals surface area contributed by atoms with Crippen molar-refractivity contribution in [3.63, 3.8) is 0 Å². The molecule has 11 rings (SSSR count). The van der Waals surface area contributed by atoms with E-state index in [0.29, 0.717) is 0 Å². The molecule has 0 atom stereocenters. The molecule has 2 aliphatic heterocycles. The van der Waals surface area contributed by atoms with Crippen LogP contribution in [0.25, 0.3) is 54.3 Å². The molecule has 0 saturated carbocycles. The van der Waals surface area contributed by atoms with Crippen molar-refractivity contribution in [3.8, 4) is 22.3 Å². The van der Waals surface area contributed by atoms with Crippen LogP contribution in [0.3, 0.4) is 0 Å². The fourth-order valence-electron chi connectivity index (χ4n) is 8.57. The number of thiophene rings is 1. The van der Waals surface area contributed by atoms with E-state index in [9.17, 15) is 0 Å². The van der Waals surface area contributed by atoms with Gasteiger partial charge in [0, 0.05) is 59.6 Å². The van der Waals surface area contributed by atoms with Crippen molar-refractivity contribution in [2.24, 2.45) is 0 Å². The first kappa shape index (κ1) is 27.9. The molecular formula is C45H29BN2OS. The van der Waals surface area contributed by atoms with Gasteiger partial charge >= 0.3 is 6.85 Å². The number of furan rings is 1. The maximum absolute atomic E-state index is 6.67. The minimum atomic E-state index is -0.0573. The quantitative estimate of drug-likeness (QED) is 0.177. The summed E-state index contributed by atoms with van der Waals surface area (Å²) in [7, 11) is 0. The molecule has 0 spiro atoms. The molecule has 0 aliphatic carbocycles. The number of fused-ring (bicyclic) bond motifs is 8. The largest absolute Gasteiger partial charge is 0.454 e. The van der Waals surface area contributed by atoms with Gasteiger partial charge in [-0.05, 0) is 77.5 Å². The van der Waals surface area contributed by atoms with E-state index >= 15 is 0 Å². The highest BCUT2D eigenvalue weighted by Crippen LogP contribution is 2.50. The maximum Gasteiger partial charge on any atom is 0.333 e. The lowest BCUT2D eigenvalue weighted by atomic mass is 9.43. The van der Waals surface area contributed by atoms with Crippen molar-refractivity contribution in [1.29, 1.82) is 0 Å². The van der Waals surface area contributed by atoms with E-state index in [4.69, 9.17) is 4.42 Å². The topological polar surface area (TPSA) is 19.6 Å². The van der Waals surface area contributed by atoms with Gasteiger partial charge in [-0.3, -0.25) is 0 Å². The Kier molecular flexibility index (Phi) is 5.84. The molecule has 0 fully saturated rings. The first-order valence-electron chi connectivity index (χ1n) is 17.1. The van der Waals surface area contributed by atoms with E-state index in [1.165, 1.54) is 65.2 Å². The Balaban J connectivity index is 1.24. The summed E-state index contributed by atoms with van der Waals surface area (Å²) in [5, 5.41) is 3.56. The zero-order valence-corrected chi connectivity index (χ0v) is 28.1. The van der Waals surface area contributed by atoms with Crippen LogP contribution in [0.15, 0.2) is 162 Å². The average molecular weight is 657 g/mol. The summed E-state index contributed by atoms with van der Waals surface area (Å²) >= 11 is 1.87. The molecule has 4 heterocycles. The third-order valence-corrected chi connectivity index (χ3v) is 11.5. The Bertz CT molecular complexity index is 2820. The second-order valence-electron chi connectivity index (χ2n) is 13.3. The molecule has 0 N–H and O–H groups in total. The van der Waals surface area contributed by atoms with Crippen LogP contribution in [0.4, 0.5) is 28.4 Å². The van der Waals surface area contributed by atoms with Crippen molar-refractivity contribution in [3.05, 3.63) is 163 Å². The molecule has 9 aromatic rings. The second kappa shape index (κ2) is 10.5. The Hall–Kier alpha value is -6.04. The first-order chi connectivity index (χ1) is 24.7. The maximum atomic E-state index is 6.67. The molecule has 0 radical (unpaired) electrons. The molecule has 0 amide bonds. The normalized spacial score (nSPS) is 13.2. The summed E-state index contributed by atoms with van der Waals surface area (Å²) in [4.78, 5) is 6.37. The first-order valence-corrected chi connectivity index (χ1v) is 18.0. The Labute approximate surface area is 294 Å². The molecular weight excluding hydrogens is 627 g/mol. The second-order valence-corrected chi connectivity index (χ2v) is 14.6. The predicted molar refractivity (Wildman–Crippen MR) is 213 cm³/mol. The van der Waals surface area contributed by atoms with Crippen LogP contribution >= 0.6 is 11.3 Å². The minimum absolute atomic E-state index is 0.0573. The van der Waals surface area contributed by atoms with Crippen LogP contribution in [0.1, 0.15) is 4.88 Å². The van der Waals surface area contributed by atoms with E-state index in [1.54, 1.807) is 0 Å². The van der Waals surface area contributed by atoms with Crippen LogP contribution < -0.4 is 20.6 Å². The third kappa shape index (κ3) is 3.81. The van der Waals surface area contributed by atoms with Gasteiger partial charge in [0.25, 0.3) is 0 Å². The van der Waals surface area contributed by atoms with Gasteiger partial charge in [0.15, 0.2) is 5.58 Å². The van der Waals surface area contributed by atoms with Crippen LogP contribution in [-0.4, -0.2) is 6.85 Å². The Morgan fingerprint density at radius 3 is 2.16 bits per heavy atom. The zero-order chi connectivity index (χ0) is 32.9. The molecule has 7 aromatic carbocycles. The smallest absolute Gasteiger partial charge is 0.333 e. The highest BCUT2D eigenvalue weighted by molar-refractivity contribution is 7.19. The molecule has 0 saturated heterocycles. The number of aryl methyl sites for hydroxylation is 1. The number of anilines is 5. The highest BCUT2D eigenvalue weighted by atomic mass is 32.1. The molecule has 2 aromatic heterocycles. The highest BCUT2D eigenvalue weighted by Gasteiger charge is 2.45. The van der Waals surface area contributed by atoms with Gasteiger partial charge in [0.05, 0.1) is 5.69 Å². The van der Waals surface area contributed by atoms with Crippen LogP contribution in [0.2, 0.25) is 0 Å². The van der Waals surface area contributed by atoms with Crippen LogP contribution in [0.5, 0.6) is 0 Å². The van der Waals surface area contributed by atoms with E-state index in [1.807, 2.05) is 17.4 Å². The van der Waals surface area contributed by atoms with E-state index in [-0.39, 0.29) is 6.85 Å². The van der Waals surface area contributed by atoms with E-state index < -0.39 is 0 Å². The Morgan fingerprint density at radius 1 is 0.540 bits per heavy atom. The predicted octanol–water partition coefficient (Wildman–Crippen LogP) is 11.5. The number of benzene rings is 7. The fourth-order valence-corrected chi connectivity index (χ4v) is 9.50. The van der Waals surface area contributed by atoms with Gasteiger partial charge in [-0.2, -0.15) is 0 Å². The van der Waals surface area contributed by atoms with Crippen molar-refractivity contribution in [2.45, 2.75) is 6.92 Å². The molecule has 5 heteroatoms. The SMILES string of the molecule is Cc1cc2c(-c3ccccc3)c(N3B4c5ccccc5N(c5cccc6c5oc5ccccc56)c5cccc(c54)-c4ccccc43)ccc2s1. The van der Waals surface area contributed by atoms with Gasteiger partial charge in [-0.15, -0.1) is 11.3 Å². The van der Waals surface area contributed by atoms with E-state index in [2.05, 4.69) is 168 Å². The molecule has 0 unspecified atom stereocenters. The monoisotopic (exact) mass is 656 g/mol. The summed E-state index contributed by atoms with van der Waals surface area (Å²) in [6.07, 6.45) is 0. The van der Waals surface area contributed by atoms with Crippen LogP contribution in [0, 0.1) is 6.92 Å². The standard InChI is InChI=1S/C45H29BN2OS/c1-28-27-34-42(50-28)26-25-38(43(34)29-13-3-2-4-14-29)48-36-20-8-5-15-30(36)32-17-11-22-39-44(32)46(48)35-19-7-9-21-37(35)47(39)40-23-12-18-33-31-16-6-10-24-41(31)49-45(33)40/h2-27H,1H3. The summed E-state index contributed by atoms with van der Waals surface area (Å²) in [5.74, 6) is 0. The lowest BCUT2D eigenvalue weighted by Crippen LogP contribution is -2.61. The average Bonchev–Trinajstić information content (AvgIpc) is 3.75. The van der Waals surface area contributed by atoms with Crippen molar-refractivity contribution in [2.75, 3.05) is 9.71 Å². The number of hydrogen-bond donors (Lipinski definition) is 0. The summed E-state index contributed by atoms with van der Waals surface area (Å²) in [6, 6.07) is 57.6. The molecule has 50 heavy (non-hydrogen) atoms. The van der Waals surface area contributed by atoms with Gasteiger partial charge in [0.1, 0.15) is 5.58 Å². The molecule has 0 bridgehead atoms. The van der Waals surface area contributed by atoms with Gasteiger partial charge < -0.3 is 14.1 Å². The fraction of sp³-hybridized carbons (Fsp3) is 0.0222. The summed E-state index contributed by atoms with van der Waals surface area (Å²) in [5.41, 5.74) is 15.2. The third-order valence-electron chi connectivity index (χ3n) is 10.5. The molecule has 2 aliphatic rings. The summed E-state index contributed by atoms with van der Waals surface area (Å²) < 4.78 is 7.98. The van der Waals surface area contributed by atoms with Crippen molar-refractivity contribution < 1.29 is 4.42 Å². The van der Waals surface area contributed by atoms with Gasteiger partial charge in [0.2, 0.25) is 0 Å². The van der Waals surface area contributed by atoms with Gasteiger partial charge in [-0.25, -0.2) is 0 Å². The van der Waals surface area contributed by atoms with Crippen molar-refractivity contribution in [1.82, 2.24) is 0 Å². The lowest BCUT2D eigenvalue weighted by molar-refractivity contribution is 0.669. The number of nitrogens with zero attached hydrogens (tertiary/aromatic N) is 2. The van der Waals surface area contributed by atoms with Crippen LogP contribution in [-0.2, 0) is 0 Å². The number of hydrogen-bond acceptors (Lipinski definition) is 4. The van der Waals surface area contributed by atoms with Gasteiger partial charge in [-0.1, -0.05) is 109 Å². The number of rotatable bonds is 3. The van der Waals surface area contributed by atoms with Crippen molar-refractivity contribution >= 4 is 89.6 Å². The molecule has 3 nitrogen and oxygen atoms in total. The number of para-hydroxylation sites is 4. The zero-order valence-electron chi connectivity index (χ0n) is 27.3. The lowest BCUT2D eigenvalue weighted by Gasteiger charge is -2.46. The van der Waals surface area contributed by atoms with E-state index in [0.717, 1.165) is 33.3 Å².